The highest BCUT2D eigenvalue weighted by Crippen LogP contribution is 2.31. The molecule has 0 radical (unpaired) electrons. The zero-order valence-electron chi connectivity index (χ0n) is 18.0. The van der Waals surface area contributed by atoms with Crippen molar-refractivity contribution in [1.29, 1.82) is 0 Å². The fourth-order valence-electron chi connectivity index (χ4n) is 3.03. The molecular formula is C23H26F3IN4O2. The van der Waals surface area contributed by atoms with Crippen LogP contribution in [0.3, 0.4) is 0 Å². The van der Waals surface area contributed by atoms with E-state index in [0.717, 1.165) is 28.6 Å². The first-order chi connectivity index (χ1) is 15.4. The molecular weight excluding hydrogens is 548 g/mol. The second kappa shape index (κ2) is 12.6. The highest BCUT2D eigenvalue weighted by atomic mass is 127. The van der Waals surface area contributed by atoms with Crippen molar-refractivity contribution in [3.05, 3.63) is 71.9 Å². The first kappa shape index (κ1) is 26.7. The molecule has 0 saturated carbocycles. The number of ether oxygens (including phenoxy) is 1. The number of hydrogen-bond donors (Lipinski definition) is 3. The number of nitrogens with zero attached hydrogens (tertiary/aromatic N) is 2. The number of para-hydroxylation sites is 1. The maximum Gasteiger partial charge on any atom is 0.416 e. The van der Waals surface area contributed by atoms with Gasteiger partial charge in [-0.1, -0.05) is 24.3 Å². The van der Waals surface area contributed by atoms with Gasteiger partial charge in [-0.3, -0.25) is 4.98 Å². The number of aliphatic imine (C=N–C) groups is 1. The van der Waals surface area contributed by atoms with Crippen molar-refractivity contribution >= 4 is 40.8 Å². The topological polar surface area (TPSA) is 78.8 Å². The number of rotatable bonds is 8. The lowest BCUT2D eigenvalue weighted by atomic mass is 10.1. The molecule has 1 heterocycles. The van der Waals surface area contributed by atoms with Crippen molar-refractivity contribution in [3.63, 3.8) is 0 Å². The zero-order chi connectivity index (χ0) is 23.0. The van der Waals surface area contributed by atoms with Crippen molar-refractivity contribution in [2.45, 2.75) is 25.7 Å². The smallest absolute Gasteiger partial charge is 0.416 e. The summed E-state index contributed by atoms with van der Waals surface area (Å²) in [7, 11) is 0. The molecule has 33 heavy (non-hydrogen) atoms. The van der Waals surface area contributed by atoms with Crippen LogP contribution in [0.25, 0.3) is 10.9 Å². The first-order valence-corrected chi connectivity index (χ1v) is 10.2. The van der Waals surface area contributed by atoms with E-state index < -0.39 is 17.8 Å². The van der Waals surface area contributed by atoms with Gasteiger partial charge in [0.2, 0.25) is 0 Å². The number of alkyl halides is 3. The highest BCUT2D eigenvalue weighted by Gasteiger charge is 2.30. The minimum Gasteiger partial charge on any atom is -0.491 e. The molecule has 0 fully saturated rings. The van der Waals surface area contributed by atoms with E-state index in [1.165, 1.54) is 12.1 Å². The molecule has 0 amide bonds. The van der Waals surface area contributed by atoms with Crippen LogP contribution in [0.1, 0.15) is 18.1 Å². The Balaban J connectivity index is 0.00000385. The minimum absolute atomic E-state index is 0. The van der Waals surface area contributed by atoms with Crippen LogP contribution in [-0.4, -0.2) is 41.9 Å². The lowest BCUT2D eigenvalue weighted by molar-refractivity contribution is -0.137. The van der Waals surface area contributed by atoms with Gasteiger partial charge < -0.3 is 20.5 Å². The van der Waals surface area contributed by atoms with Crippen LogP contribution in [0.15, 0.2) is 65.8 Å². The van der Waals surface area contributed by atoms with Gasteiger partial charge in [-0.25, -0.2) is 4.99 Å². The number of halogens is 4. The summed E-state index contributed by atoms with van der Waals surface area (Å²) in [5, 5.41) is 17.3. The lowest BCUT2D eigenvalue weighted by Crippen LogP contribution is -2.42. The summed E-state index contributed by atoms with van der Waals surface area (Å²) in [6.07, 6.45) is -3.66. The fraction of sp³-hybridized carbons (Fsp3) is 0.304. The largest absolute Gasteiger partial charge is 0.491 e. The second-order valence-electron chi connectivity index (χ2n) is 7.05. The number of aromatic nitrogens is 1. The Bertz CT molecular complexity index is 1060. The van der Waals surface area contributed by atoms with Gasteiger partial charge in [0.25, 0.3) is 0 Å². The van der Waals surface area contributed by atoms with Gasteiger partial charge in [-0.15, -0.1) is 24.0 Å². The third kappa shape index (κ3) is 8.04. The van der Waals surface area contributed by atoms with E-state index in [-0.39, 0.29) is 42.9 Å². The van der Waals surface area contributed by atoms with Crippen LogP contribution >= 0.6 is 24.0 Å². The van der Waals surface area contributed by atoms with Gasteiger partial charge in [-0.05, 0) is 42.8 Å². The van der Waals surface area contributed by atoms with Crippen molar-refractivity contribution in [3.8, 4) is 5.75 Å². The first-order valence-electron chi connectivity index (χ1n) is 10.2. The molecule has 3 aromatic rings. The van der Waals surface area contributed by atoms with Gasteiger partial charge in [0.05, 0.1) is 17.6 Å². The molecule has 1 unspecified atom stereocenters. The van der Waals surface area contributed by atoms with Gasteiger partial charge in [0, 0.05) is 24.7 Å². The third-order valence-corrected chi connectivity index (χ3v) is 4.60. The SMILES string of the molecule is CCNC(=NCc1ccnc2ccccc12)NCC(O)COc1cccc(C(F)(F)F)c1.I. The molecule has 0 aliphatic heterocycles. The highest BCUT2D eigenvalue weighted by molar-refractivity contribution is 14.0. The number of guanidine groups is 1. The fourth-order valence-corrected chi connectivity index (χ4v) is 3.03. The summed E-state index contributed by atoms with van der Waals surface area (Å²) >= 11 is 0. The number of pyridine rings is 1. The molecule has 178 valence electrons. The van der Waals surface area contributed by atoms with E-state index in [0.29, 0.717) is 19.0 Å². The normalized spacial score (nSPS) is 12.7. The lowest BCUT2D eigenvalue weighted by Gasteiger charge is -2.16. The summed E-state index contributed by atoms with van der Waals surface area (Å²) in [5.41, 5.74) is 1.11. The number of fused-ring (bicyclic) bond motifs is 1. The molecule has 0 spiro atoms. The number of benzene rings is 2. The van der Waals surface area contributed by atoms with Gasteiger partial charge in [-0.2, -0.15) is 13.2 Å². The molecule has 3 rings (SSSR count). The van der Waals surface area contributed by atoms with E-state index in [1.54, 1.807) is 6.20 Å². The standard InChI is InChI=1S/C23H25F3N4O2.HI/c1-2-27-22(29-13-16-10-11-28-21-9-4-3-8-20(16)21)30-14-18(31)15-32-19-7-5-6-17(12-19)23(24,25)26;/h3-12,18,31H,2,13-15H2,1H3,(H2,27,29,30);1H. The zero-order valence-corrected chi connectivity index (χ0v) is 20.3. The molecule has 1 aromatic heterocycles. The van der Waals surface area contributed by atoms with E-state index in [9.17, 15) is 18.3 Å². The maximum atomic E-state index is 12.8. The van der Waals surface area contributed by atoms with Crippen molar-refractivity contribution in [2.75, 3.05) is 19.7 Å². The van der Waals surface area contributed by atoms with Crippen LogP contribution in [0.5, 0.6) is 5.75 Å². The van der Waals surface area contributed by atoms with E-state index in [4.69, 9.17) is 4.74 Å². The molecule has 0 aliphatic carbocycles. The number of hydrogen-bond acceptors (Lipinski definition) is 4. The van der Waals surface area contributed by atoms with Crippen molar-refractivity contribution in [1.82, 2.24) is 15.6 Å². The summed E-state index contributed by atoms with van der Waals surface area (Å²) in [6, 6.07) is 14.3. The molecule has 6 nitrogen and oxygen atoms in total. The van der Waals surface area contributed by atoms with E-state index >= 15 is 0 Å². The number of aliphatic hydroxyl groups is 1. The van der Waals surface area contributed by atoms with Crippen LogP contribution in [0, 0.1) is 0 Å². The Morgan fingerprint density at radius 1 is 1.12 bits per heavy atom. The molecule has 1 atom stereocenters. The predicted molar refractivity (Wildman–Crippen MR) is 133 cm³/mol. The Kier molecular flexibility index (Phi) is 10.2. The summed E-state index contributed by atoms with van der Waals surface area (Å²) in [4.78, 5) is 8.89. The van der Waals surface area contributed by atoms with Crippen LogP contribution in [0.2, 0.25) is 0 Å². The Morgan fingerprint density at radius 2 is 1.91 bits per heavy atom. The monoisotopic (exact) mass is 574 g/mol. The van der Waals surface area contributed by atoms with Crippen molar-refractivity contribution < 1.29 is 23.0 Å². The molecule has 0 saturated heterocycles. The molecule has 0 bridgehead atoms. The van der Waals surface area contributed by atoms with Crippen LogP contribution in [0.4, 0.5) is 13.2 Å². The van der Waals surface area contributed by atoms with Crippen LogP contribution < -0.4 is 15.4 Å². The maximum absolute atomic E-state index is 12.8. The summed E-state index contributed by atoms with van der Waals surface area (Å²) in [6.45, 7) is 2.91. The average molecular weight is 574 g/mol. The number of aliphatic hydroxyl groups excluding tert-OH is 1. The second-order valence-corrected chi connectivity index (χ2v) is 7.05. The van der Waals surface area contributed by atoms with E-state index in [1.807, 2.05) is 37.3 Å². The Hall–Kier alpha value is -2.60. The summed E-state index contributed by atoms with van der Waals surface area (Å²) in [5.74, 6) is 0.551. The Morgan fingerprint density at radius 3 is 2.67 bits per heavy atom. The number of nitrogens with one attached hydrogen (secondary N) is 2. The minimum atomic E-state index is -4.45. The third-order valence-electron chi connectivity index (χ3n) is 4.60. The van der Waals surface area contributed by atoms with Gasteiger partial charge in [0.15, 0.2) is 5.96 Å². The molecule has 10 heteroatoms. The average Bonchev–Trinajstić information content (AvgIpc) is 2.79. The molecule has 2 aromatic carbocycles. The Labute approximate surface area is 207 Å². The molecule has 0 aliphatic rings. The van der Waals surface area contributed by atoms with Crippen LogP contribution in [-0.2, 0) is 12.7 Å². The quantitative estimate of drug-likeness (QED) is 0.212. The van der Waals surface area contributed by atoms with E-state index in [2.05, 4.69) is 20.6 Å². The van der Waals surface area contributed by atoms with Crippen molar-refractivity contribution in [2.24, 2.45) is 4.99 Å². The molecule has 3 N–H and O–H groups in total. The van der Waals surface area contributed by atoms with Gasteiger partial charge in [0.1, 0.15) is 18.5 Å². The predicted octanol–water partition coefficient (Wildman–Crippen LogP) is 4.37. The van der Waals surface area contributed by atoms with Gasteiger partial charge >= 0.3 is 6.18 Å². The summed E-state index contributed by atoms with van der Waals surface area (Å²) < 4.78 is 43.7.